The first-order valence-corrected chi connectivity index (χ1v) is 42.0. The zero-order valence-electron chi connectivity index (χ0n) is 67.0. The van der Waals surface area contributed by atoms with E-state index in [-0.39, 0.29) is 0 Å². The maximum absolute atomic E-state index is 5.39. The third kappa shape index (κ3) is 12.3. The van der Waals surface area contributed by atoms with E-state index in [1.165, 1.54) is 48.5 Å². The van der Waals surface area contributed by atoms with Gasteiger partial charge in [-0.15, -0.1) is 0 Å². The van der Waals surface area contributed by atoms with Crippen LogP contribution in [0.3, 0.4) is 0 Å². The average molecular weight is 1580 g/mol. The van der Waals surface area contributed by atoms with Crippen molar-refractivity contribution in [3.63, 3.8) is 0 Å². The van der Waals surface area contributed by atoms with Crippen LogP contribution >= 0.6 is 0 Å². The van der Waals surface area contributed by atoms with Gasteiger partial charge in [-0.2, -0.15) is 0 Å². The van der Waals surface area contributed by atoms with Crippen molar-refractivity contribution < 1.29 is 0 Å². The van der Waals surface area contributed by atoms with Gasteiger partial charge in [0.15, 0.2) is 34.9 Å². The molecule has 0 N–H and O–H groups in total. The Hall–Kier alpha value is -16.8. The molecule has 124 heavy (non-hydrogen) atoms. The summed E-state index contributed by atoms with van der Waals surface area (Å²) in [4.78, 5) is 35.9. The maximum Gasteiger partial charge on any atom is 0.164 e. The Kier molecular flexibility index (Phi) is 17.0. The monoisotopic (exact) mass is 1580 g/mol. The first-order chi connectivity index (χ1) is 61.5. The van der Waals surface area contributed by atoms with Gasteiger partial charge in [0.05, 0.1) is 22.1 Å². The lowest BCUT2D eigenvalue weighted by Crippen LogP contribution is -2.09. The van der Waals surface area contributed by atoms with Crippen molar-refractivity contribution in [1.29, 1.82) is 0 Å². The van der Waals surface area contributed by atoms with E-state index in [4.69, 9.17) is 29.9 Å². The summed E-state index contributed by atoms with van der Waals surface area (Å²) in [5, 5.41) is 18.6. The predicted molar refractivity (Wildman–Crippen MR) is 514 cm³/mol. The van der Waals surface area contributed by atoms with E-state index < -0.39 is 0 Å². The fraction of sp³-hybridized carbons (Fsp3) is 0. The second-order valence-corrected chi connectivity index (χ2v) is 31.7. The van der Waals surface area contributed by atoms with Crippen molar-refractivity contribution in [3.05, 3.63) is 437 Å². The molecule has 24 rings (SSSR count). The van der Waals surface area contributed by atoms with Gasteiger partial charge >= 0.3 is 0 Å². The van der Waals surface area contributed by atoms with E-state index >= 15 is 0 Å². The molecule has 578 valence electrons. The SMILES string of the molecule is c1ccc(-c2nc(-c3ccccc3)nc(-c3ccc4c5ccc(-n6c7ccccc7c7cc(N(c8ccccc8)c8ccc(-c9ccc(-c%10nc(-c%11ccccc%11)nc(-c%11ccc%12c%13ccccc%13c%13ccc(-n%14c%15ccccc%15c%15cc(N(c%16ccccc%16)c%16ccccc%16)ccc%15%14)cc%13c%12c%11)n%10)cc9)cc8)ccc76)cc5c5ccccc5c4c3)n2)cc1. The Labute approximate surface area is 714 Å². The molecule has 10 heteroatoms. The third-order valence-electron chi connectivity index (χ3n) is 24.5. The summed E-state index contributed by atoms with van der Waals surface area (Å²) >= 11 is 0. The first-order valence-electron chi connectivity index (χ1n) is 42.0. The van der Waals surface area contributed by atoms with Crippen molar-refractivity contribution in [2.75, 3.05) is 9.80 Å². The van der Waals surface area contributed by atoms with Crippen LogP contribution < -0.4 is 9.80 Å². The number of anilines is 6. The molecule has 10 nitrogen and oxygen atoms in total. The van der Waals surface area contributed by atoms with Gasteiger partial charge in [0.1, 0.15) is 0 Å². The summed E-state index contributed by atoms with van der Waals surface area (Å²) in [6.45, 7) is 0. The van der Waals surface area contributed by atoms with Crippen LogP contribution in [0, 0.1) is 0 Å². The number of para-hydroxylation sites is 5. The molecule has 20 aromatic carbocycles. The Morgan fingerprint density at radius 3 is 0.750 bits per heavy atom. The van der Waals surface area contributed by atoms with E-state index in [1.54, 1.807) is 0 Å². The minimum atomic E-state index is 0.588. The van der Waals surface area contributed by atoms with Gasteiger partial charge in [-0.1, -0.05) is 303 Å². The van der Waals surface area contributed by atoms with Crippen molar-refractivity contribution in [1.82, 2.24) is 39.0 Å². The molecule has 0 unspecified atom stereocenters. The van der Waals surface area contributed by atoms with E-state index in [1.807, 2.05) is 78.9 Å². The minimum absolute atomic E-state index is 0.588. The van der Waals surface area contributed by atoms with Gasteiger partial charge in [-0.05, 0) is 209 Å². The molecular weight excluding hydrogens is 1510 g/mol. The quantitative estimate of drug-likeness (QED) is 0.0937. The Morgan fingerprint density at radius 2 is 0.371 bits per heavy atom. The zero-order chi connectivity index (χ0) is 81.7. The van der Waals surface area contributed by atoms with Crippen LogP contribution in [-0.2, 0) is 0 Å². The van der Waals surface area contributed by atoms with Gasteiger partial charge in [0.2, 0.25) is 0 Å². The van der Waals surface area contributed by atoms with E-state index in [0.29, 0.717) is 34.9 Å². The van der Waals surface area contributed by atoms with Gasteiger partial charge in [-0.25, -0.2) is 29.9 Å². The summed E-state index contributed by atoms with van der Waals surface area (Å²) in [5.41, 5.74) is 20.7. The van der Waals surface area contributed by atoms with Crippen LogP contribution in [-0.4, -0.2) is 39.0 Å². The number of aromatic nitrogens is 8. The van der Waals surface area contributed by atoms with Crippen LogP contribution in [0.4, 0.5) is 34.1 Å². The number of rotatable bonds is 15. The number of hydrogen-bond donors (Lipinski definition) is 0. The number of fused-ring (bicyclic) bond motifs is 18. The van der Waals surface area contributed by atoms with Gasteiger partial charge in [0, 0.05) is 100 Å². The molecule has 0 fully saturated rings. The molecule has 0 aliphatic rings. The number of benzene rings is 20. The van der Waals surface area contributed by atoms with Crippen molar-refractivity contribution in [2.45, 2.75) is 0 Å². The lowest BCUT2D eigenvalue weighted by Gasteiger charge is -2.26. The van der Waals surface area contributed by atoms with Crippen LogP contribution in [0.5, 0.6) is 0 Å². The molecule has 0 saturated heterocycles. The number of nitrogens with zero attached hydrogens (tertiary/aromatic N) is 10. The van der Waals surface area contributed by atoms with Gasteiger partial charge < -0.3 is 18.9 Å². The molecule has 0 atom stereocenters. The zero-order valence-corrected chi connectivity index (χ0v) is 67.0. The van der Waals surface area contributed by atoms with E-state index in [9.17, 15) is 0 Å². The number of hydrogen-bond acceptors (Lipinski definition) is 8. The molecule has 4 heterocycles. The second kappa shape index (κ2) is 29.6. The molecule has 0 radical (unpaired) electrons. The van der Waals surface area contributed by atoms with Crippen LogP contribution in [0.1, 0.15) is 0 Å². The first kappa shape index (κ1) is 71.3. The molecule has 0 aliphatic carbocycles. The van der Waals surface area contributed by atoms with Gasteiger partial charge in [0.25, 0.3) is 0 Å². The Morgan fingerprint density at radius 1 is 0.137 bits per heavy atom. The van der Waals surface area contributed by atoms with Crippen LogP contribution in [0.25, 0.3) is 199 Å². The predicted octanol–water partition coefficient (Wildman–Crippen LogP) is 29.8. The van der Waals surface area contributed by atoms with Crippen molar-refractivity contribution in [2.24, 2.45) is 0 Å². The molecule has 0 spiro atoms. The fourth-order valence-corrected chi connectivity index (χ4v) is 18.7. The molecule has 0 aliphatic heterocycles. The average Bonchev–Trinajstić information content (AvgIpc) is 1.02. The fourth-order valence-electron chi connectivity index (χ4n) is 18.7. The molecule has 0 bridgehead atoms. The highest BCUT2D eigenvalue weighted by Crippen LogP contribution is 2.47. The standard InChI is InChI=1S/C114H72N10/c1-7-27-75(28-8-1)109-115-110(76-29-9-2-10-30-76)118-113(117-109)79-54-62-94-96-64-58-87(69-101(96)92-42-22-21-41-91(92)99(94)67-79)123-105-45-25-23-44-98(105)104-72-86(60-66-107(104)123)122(83-37-17-6-18-38-83)84-55-51-74(52-56-84)73-47-49-78(50-48-73)112-116-111(77-31-11-3-12-32-77)119-114(120-112)80-53-61-93-89-39-19-20-40-90(89)95-63-57-88(70-102(95)100(93)68-80)124-106-46-26-24-43-97(106)103-71-85(59-65-108(103)124)121(81-33-13-4-14-34-81)82-35-15-5-16-36-82/h1-72H. The van der Waals surface area contributed by atoms with Gasteiger partial charge in [-0.3, -0.25) is 0 Å². The Bertz CT molecular complexity index is 8210. The van der Waals surface area contributed by atoms with Crippen LogP contribution in [0.15, 0.2) is 437 Å². The van der Waals surface area contributed by atoms with Crippen molar-refractivity contribution in [3.8, 4) is 90.8 Å². The topological polar surface area (TPSA) is 93.7 Å². The Balaban J connectivity index is 0.558. The lowest BCUT2D eigenvalue weighted by molar-refractivity contribution is 1.07. The third-order valence-corrected chi connectivity index (χ3v) is 24.5. The maximum atomic E-state index is 5.39. The minimum Gasteiger partial charge on any atom is -0.310 e. The largest absolute Gasteiger partial charge is 0.310 e. The van der Waals surface area contributed by atoms with E-state index in [2.05, 4.69) is 377 Å². The van der Waals surface area contributed by atoms with Crippen LogP contribution in [0.2, 0.25) is 0 Å². The molecule has 0 amide bonds. The normalized spacial score (nSPS) is 11.7. The summed E-state index contributed by atoms with van der Waals surface area (Å²) in [6, 6.07) is 156. The highest BCUT2D eigenvalue weighted by Gasteiger charge is 2.25. The summed E-state index contributed by atoms with van der Waals surface area (Å²) < 4.78 is 4.85. The highest BCUT2D eigenvalue weighted by molar-refractivity contribution is 6.28. The highest BCUT2D eigenvalue weighted by atomic mass is 15.2. The lowest BCUT2D eigenvalue weighted by atomic mass is 9.93. The molecule has 24 aromatic rings. The smallest absolute Gasteiger partial charge is 0.164 e. The van der Waals surface area contributed by atoms with Crippen molar-refractivity contribution >= 4 is 142 Å². The molecule has 4 aromatic heterocycles. The van der Waals surface area contributed by atoms with E-state index in [0.717, 1.165) is 150 Å². The second-order valence-electron chi connectivity index (χ2n) is 31.7. The summed E-state index contributed by atoms with van der Waals surface area (Å²) in [7, 11) is 0. The molecule has 0 saturated carbocycles. The summed E-state index contributed by atoms with van der Waals surface area (Å²) in [6.07, 6.45) is 0. The molecular formula is C114H72N10. The summed E-state index contributed by atoms with van der Waals surface area (Å²) in [5.74, 6) is 3.67.